The van der Waals surface area contributed by atoms with Gasteiger partial charge in [0.25, 0.3) is 0 Å². The van der Waals surface area contributed by atoms with Crippen molar-refractivity contribution in [1.29, 1.82) is 0 Å². The van der Waals surface area contributed by atoms with Gasteiger partial charge in [-0.1, -0.05) is 6.08 Å². The summed E-state index contributed by atoms with van der Waals surface area (Å²) in [6, 6.07) is 0. The monoisotopic (exact) mass is 212 g/mol. The van der Waals surface area contributed by atoms with E-state index in [1.54, 1.807) is 0 Å². The van der Waals surface area contributed by atoms with E-state index in [4.69, 9.17) is 5.73 Å². The quantitative estimate of drug-likeness (QED) is 0.673. The Kier molecular flexibility index (Phi) is 3.28. The minimum atomic E-state index is 0.541. The molecule has 0 fully saturated rings. The largest absolute Gasteiger partial charge is 0.370 e. The molecule has 0 aromatic heterocycles. The molecule has 1 aliphatic heterocycles. The van der Waals surface area contributed by atoms with Crippen LogP contribution in [0.2, 0.25) is 0 Å². The fourth-order valence-corrected chi connectivity index (χ4v) is 1.79. The van der Waals surface area contributed by atoms with Crippen LogP contribution in [0.5, 0.6) is 0 Å². The van der Waals surface area contributed by atoms with E-state index in [0.717, 1.165) is 18.5 Å². The molecule has 1 aliphatic carbocycles. The highest BCUT2D eigenvalue weighted by atomic mass is 15.1. The first kappa shape index (κ1) is 10.8. The van der Waals surface area contributed by atoms with Crippen LogP contribution < -0.4 is 5.73 Å². The van der Waals surface area contributed by atoms with Gasteiger partial charge in [0.2, 0.25) is 0 Å². The molecule has 82 valence electrons. The maximum Gasteiger partial charge on any atom is 0.0429 e. The van der Waals surface area contributed by atoms with Crippen molar-refractivity contribution in [3.8, 4) is 0 Å². The van der Waals surface area contributed by atoms with Gasteiger partial charge in [0, 0.05) is 31.9 Å². The van der Waals surface area contributed by atoms with Crippen LogP contribution >= 0.6 is 0 Å². The first-order chi connectivity index (χ1) is 7.79. The molecule has 0 aromatic rings. The molecule has 1 heterocycles. The van der Waals surface area contributed by atoms with E-state index < -0.39 is 0 Å². The Morgan fingerprint density at radius 2 is 2.25 bits per heavy atom. The van der Waals surface area contributed by atoms with Gasteiger partial charge in [-0.3, -0.25) is 0 Å². The highest BCUT2D eigenvalue weighted by molar-refractivity contribution is 5.41. The highest BCUT2D eigenvalue weighted by Crippen LogP contribution is 2.18. The van der Waals surface area contributed by atoms with E-state index in [1.165, 1.54) is 11.1 Å². The Balaban J connectivity index is 2.35. The average molecular weight is 212 g/mol. The zero-order valence-corrected chi connectivity index (χ0v) is 9.53. The second kappa shape index (κ2) is 4.87. The number of hydrogen-bond acceptors (Lipinski definition) is 2. The van der Waals surface area contributed by atoms with Crippen molar-refractivity contribution < 1.29 is 0 Å². The smallest absolute Gasteiger partial charge is 0.0429 e. The molecule has 0 saturated carbocycles. The highest BCUT2D eigenvalue weighted by Gasteiger charge is 2.06. The van der Waals surface area contributed by atoms with E-state index in [2.05, 4.69) is 41.6 Å². The van der Waals surface area contributed by atoms with E-state index >= 15 is 0 Å². The van der Waals surface area contributed by atoms with Gasteiger partial charge in [0.15, 0.2) is 0 Å². The van der Waals surface area contributed by atoms with Crippen LogP contribution in [0.15, 0.2) is 58.7 Å². The van der Waals surface area contributed by atoms with Crippen LogP contribution in [0.3, 0.4) is 0 Å². The third-order valence-electron chi connectivity index (χ3n) is 2.70. The van der Waals surface area contributed by atoms with Crippen LogP contribution in [-0.2, 0) is 0 Å². The molecule has 2 rings (SSSR count). The standard InChI is InChI=1S/C14H16N2/c1-16-9-3-6-13-5-2-4-12(10-15)7-8-14(13)11-16/h2,6-9H,5,10-11,15H2,1H3/b8-7-. The minimum Gasteiger partial charge on any atom is -0.370 e. The van der Waals surface area contributed by atoms with Crippen LogP contribution in [-0.4, -0.2) is 25.0 Å². The van der Waals surface area contributed by atoms with Gasteiger partial charge in [-0.2, -0.15) is 0 Å². The van der Waals surface area contributed by atoms with Gasteiger partial charge in [-0.25, -0.2) is 0 Å². The van der Waals surface area contributed by atoms with Crippen molar-refractivity contribution in [2.45, 2.75) is 6.42 Å². The Morgan fingerprint density at radius 1 is 1.38 bits per heavy atom. The molecule has 0 saturated heterocycles. The fourth-order valence-electron chi connectivity index (χ4n) is 1.79. The summed E-state index contributed by atoms with van der Waals surface area (Å²) in [6.07, 6.45) is 11.2. The number of nitrogens with two attached hydrogens (primary N) is 1. The SMILES string of the molecule is CN1C=C=CC2=C(/C=C\C(CN)=C=CC2)C1. The number of nitrogens with zero attached hydrogens (tertiary/aromatic N) is 1. The first-order valence-electron chi connectivity index (χ1n) is 5.46. The van der Waals surface area contributed by atoms with Crippen LogP contribution in [0, 0.1) is 0 Å². The van der Waals surface area contributed by atoms with Crippen LogP contribution in [0.1, 0.15) is 6.42 Å². The summed E-state index contributed by atoms with van der Waals surface area (Å²) in [6.45, 7) is 1.46. The van der Waals surface area contributed by atoms with Crippen LogP contribution in [0.4, 0.5) is 0 Å². The number of hydrogen-bond donors (Lipinski definition) is 1. The Labute approximate surface area is 96.4 Å². The topological polar surface area (TPSA) is 29.3 Å². The molecule has 0 atom stereocenters. The minimum absolute atomic E-state index is 0.541. The zero-order chi connectivity index (χ0) is 11.4. The van der Waals surface area contributed by atoms with E-state index in [9.17, 15) is 0 Å². The molecule has 0 amide bonds. The number of rotatable bonds is 1. The summed E-state index contributed by atoms with van der Waals surface area (Å²) in [4.78, 5) is 2.13. The molecule has 2 nitrogen and oxygen atoms in total. The Hall–Kier alpha value is -1.72. The van der Waals surface area contributed by atoms with Gasteiger partial charge in [-0.15, -0.1) is 11.5 Å². The molecule has 2 aliphatic rings. The van der Waals surface area contributed by atoms with Crippen molar-refractivity contribution in [3.05, 3.63) is 58.7 Å². The van der Waals surface area contributed by atoms with Crippen molar-refractivity contribution >= 4 is 0 Å². The van der Waals surface area contributed by atoms with Crippen molar-refractivity contribution in [3.63, 3.8) is 0 Å². The van der Waals surface area contributed by atoms with Crippen molar-refractivity contribution in [2.24, 2.45) is 5.73 Å². The molecular formula is C14H16N2. The van der Waals surface area contributed by atoms with Gasteiger partial charge >= 0.3 is 0 Å². The molecule has 0 bridgehead atoms. The second-order valence-electron chi connectivity index (χ2n) is 4.02. The van der Waals surface area contributed by atoms with E-state index in [-0.39, 0.29) is 0 Å². The zero-order valence-electron chi connectivity index (χ0n) is 9.53. The fraction of sp³-hybridized carbons (Fsp3) is 0.286. The molecule has 0 spiro atoms. The summed E-state index contributed by atoms with van der Waals surface area (Å²) in [5.41, 5.74) is 15.7. The maximum absolute atomic E-state index is 5.63. The maximum atomic E-state index is 5.63. The number of likely N-dealkylation sites (N-methyl/N-ethyl adjacent to an activating group) is 1. The lowest BCUT2D eigenvalue weighted by Gasteiger charge is -2.14. The molecular weight excluding hydrogens is 196 g/mol. The second-order valence-corrected chi connectivity index (χ2v) is 4.02. The predicted octanol–water partition coefficient (Wildman–Crippen LogP) is 1.90. The average Bonchev–Trinajstić information content (AvgIpc) is 2.42. The molecule has 2 heteroatoms. The van der Waals surface area contributed by atoms with Gasteiger partial charge < -0.3 is 10.6 Å². The molecule has 0 unspecified atom stereocenters. The number of allylic oxidation sites excluding steroid dienone is 2. The lowest BCUT2D eigenvalue weighted by atomic mass is 10.0. The van der Waals surface area contributed by atoms with E-state index in [1.807, 2.05) is 12.3 Å². The normalized spacial score (nSPS) is 21.1. The summed E-state index contributed by atoms with van der Waals surface area (Å²) < 4.78 is 0. The van der Waals surface area contributed by atoms with E-state index in [0.29, 0.717) is 6.54 Å². The summed E-state index contributed by atoms with van der Waals surface area (Å²) in [7, 11) is 2.05. The molecule has 16 heavy (non-hydrogen) atoms. The lowest BCUT2D eigenvalue weighted by Crippen LogP contribution is -2.13. The summed E-state index contributed by atoms with van der Waals surface area (Å²) in [5, 5.41) is 0. The van der Waals surface area contributed by atoms with Crippen LogP contribution in [0.25, 0.3) is 0 Å². The molecule has 0 radical (unpaired) electrons. The first-order valence-corrected chi connectivity index (χ1v) is 5.46. The third-order valence-corrected chi connectivity index (χ3v) is 2.70. The molecule has 0 aromatic carbocycles. The predicted molar refractivity (Wildman–Crippen MR) is 66.7 cm³/mol. The van der Waals surface area contributed by atoms with Gasteiger partial charge in [0.05, 0.1) is 0 Å². The Bertz CT molecular complexity index is 465. The Morgan fingerprint density at radius 3 is 3.06 bits per heavy atom. The summed E-state index contributed by atoms with van der Waals surface area (Å²) >= 11 is 0. The third kappa shape index (κ3) is 2.44. The van der Waals surface area contributed by atoms with Crippen molar-refractivity contribution in [2.75, 3.05) is 20.1 Å². The summed E-state index contributed by atoms with van der Waals surface area (Å²) in [5.74, 6) is 0. The van der Waals surface area contributed by atoms with Gasteiger partial charge in [-0.05, 0) is 35.8 Å². The van der Waals surface area contributed by atoms with Gasteiger partial charge in [0.1, 0.15) is 0 Å². The van der Waals surface area contributed by atoms with Crippen molar-refractivity contribution in [1.82, 2.24) is 4.90 Å². The lowest BCUT2D eigenvalue weighted by molar-refractivity contribution is 0.502. The molecule has 2 N–H and O–H groups in total.